The highest BCUT2D eigenvalue weighted by molar-refractivity contribution is 7.99. The molecule has 0 radical (unpaired) electrons. The van der Waals surface area contributed by atoms with Gasteiger partial charge in [0.2, 0.25) is 0 Å². The second-order valence-corrected chi connectivity index (χ2v) is 11.4. The van der Waals surface area contributed by atoms with Crippen LogP contribution in [0, 0.1) is 11.3 Å². The molecule has 4 unspecified atom stereocenters. The monoisotopic (exact) mass is 498 g/mol. The van der Waals surface area contributed by atoms with E-state index in [4.69, 9.17) is 29.9 Å². The maximum absolute atomic E-state index is 6.46. The second-order valence-electron chi connectivity index (χ2n) is 10.3. The minimum atomic E-state index is 0.109. The molecule has 4 atom stereocenters. The lowest BCUT2D eigenvalue weighted by molar-refractivity contribution is 0.0974. The summed E-state index contributed by atoms with van der Waals surface area (Å²) in [6.07, 6.45) is 8.88. The Labute approximate surface area is 210 Å². The van der Waals surface area contributed by atoms with Crippen molar-refractivity contribution in [3.8, 4) is 5.75 Å². The van der Waals surface area contributed by atoms with Crippen LogP contribution in [0.3, 0.4) is 0 Å². The molecule has 2 N–H and O–H groups in total. The molecule has 3 fully saturated rings. The van der Waals surface area contributed by atoms with Crippen molar-refractivity contribution in [2.24, 2.45) is 17.1 Å². The van der Waals surface area contributed by atoms with Crippen LogP contribution in [0.4, 0.5) is 11.6 Å². The first-order valence-electron chi connectivity index (χ1n) is 12.6. The molecule has 0 amide bonds. The van der Waals surface area contributed by atoms with Gasteiger partial charge in [0.05, 0.1) is 42.6 Å². The summed E-state index contributed by atoms with van der Waals surface area (Å²) in [6, 6.07) is 2.48. The molecule has 0 aromatic carbocycles. The van der Waals surface area contributed by atoms with Crippen molar-refractivity contribution in [3.63, 3.8) is 0 Å². The van der Waals surface area contributed by atoms with Gasteiger partial charge in [0.25, 0.3) is 0 Å². The van der Waals surface area contributed by atoms with Gasteiger partial charge in [-0.1, -0.05) is 11.8 Å². The van der Waals surface area contributed by atoms with Gasteiger partial charge in [0.15, 0.2) is 11.6 Å². The standard InChI is InChI=1S/C25H34N6O3S/c1-16-23(26)25(15-34-16)4-7-30(8-5-25)20-10-29-21(11-28-20)35-19-3-6-27-24-22(19)33-14-18-9-17(13-32-2)12-31(18)24/h3,6,10-11,16-18,23H,4-5,7-9,12-15,26H2,1-2H3. The average molecular weight is 499 g/mol. The number of methoxy groups -OCH3 is 1. The molecule has 6 heterocycles. The highest BCUT2D eigenvalue weighted by atomic mass is 32.2. The number of rotatable bonds is 5. The first-order chi connectivity index (χ1) is 17.1. The highest BCUT2D eigenvalue weighted by Crippen LogP contribution is 2.45. The first kappa shape index (κ1) is 23.3. The number of piperidine rings is 1. The highest BCUT2D eigenvalue weighted by Gasteiger charge is 2.47. The quantitative estimate of drug-likeness (QED) is 0.662. The lowest BCUT2D eigenvalue weighted by Gasteiger charge is -2.41. The number of nitrogens with zero attached hydrogens (tertiary/aromatic N) is 5. The number of anilines is 2. The lowest BCUT2D eigenvalue weighted by Crippen LogP contribution is -2.50. The molecule has 2 aromatic heterocycles. The van der Waals surface area contributed by atoms with Crippen molar-refractivity contribution in [3.05, 3.63) is 24.7 Å². The Balaban J connectivity index is 1.12. The summed E-state index contributed by atoms with van der Waals surface area (Å²) in [5.41, 5.74) is 6.57. The molecule has 9 nitrogen and oxygen atoms in total. The molecule has 10 heteroatoms. The minimum Gasteiger partial charge on any atom is -0.486 e. The smallest absolute Gasteiger partial charge is 0.175 e. The molecule has 4 aliphatic rings. The van der Waals surface area contributed by atoms with Gasteiger partial charge in [0, 0.05) is 50.3 Å². The lowest BCUT2D eigenvalue weighted by atomic mass is 9.73. The van der Waals surface area contributed by atoms with Crippen LogP contribution >= 0.6 is 11.8 Å². The van der Waals surface area contributed by atoms with Crippen molar-refractivity contribution in [1.29, 1.82) is 0 Å². The topological polar surface area (TPSA) is 98.9 Å². The van der Waals surface area contributed by atoms with Crippen LogP contribution in [0.15, 0.2) is 34.6 Å². The van der Waals surface area contributed by atoms with Crippen molar-refractivity contribution in [2.45, 2.75) is 54.3 Å². The molecule has 0 aliphatic carbocycles. The van der Waals surface area contributed by atoms with Gasteiger partial charge in [0.1, 0.15) is 17.5 Å². The maximum atomic E-state index is 6.46. The summed E-state index contributed by atoms with van der Waals surface area (Å²) in [5.74, 6) is 3.21. The largest absolute Gasteiger partial charge is 0.486 e. The zero-order chi connectivity index (χ0) is 24.0. The minimum absolute atomic E-state index is 0.109. The van der Waals surface area contributed by atoms with Crippen LogP contribution in [0.5, 0.6) is 5.75 Å². The van der Waals surface area contributed by atoms with Crippen LogP contribution < -0.4 is 20.3 Å². The van der Waals surface area contributed by atoms with E-state index >= 15 is 0 Å². The van der Waals surface area contributed by atoms with Crippen molar-refractivity contribution >= 4 is 23.4 Å². The van der Waals surface area contributed by atoms with Gasteiger partial charge in [-0.15, -0.1) is 0 Å². The normalized spacial score (nSPS) is 29.2. The summed E-state index contributed by atoms with van der Waals surface area (Å²) >= 11 is 1.58. The predicted octanol–water partition coefficient (Wildman–Crippen LogP) is 2.59. The maximum Gasteiger partial charge on any atom is 0.175 e. The molecule has 6 rings (SSSR count). The molecule has 3 saturated heterocycles. The fourth-order valence-corrected chi connectivity index (χ4v) is 6.91. The van der Waals surface area contributed by atoms with Gasteiger partial charge >= 0.3 is 0 Å². The molecule has 4 aliphatic heterocycles. The van der Waals surface area contributed by atoms with Gasteiger partial charge in [-0.3, -0.25) is 0 Å². The van der Waals surface area contributed by atoms with Crippen LogP contribution in [-0.2, 0) is 9.47 Å². The van der Waals surface area contributed by atoms with E-state index in [9.17, 15) is 0 Å². The Hall–Kier alpha value is -2.14. The van der Waals surface area contributed by atoms with Gasteiger partial charge in [-0.25, -0.2) is 15.0 Å². The molecule has 1 spiro atoms. The van der Waals surface area contributed by atoms with Crippen LogP contribution in [-0.4, -0.2) is 79.7 Å². The van der Waals surface area contributed by atoms with Crippen molar-refractivity contribution in [1.82, 2.24) is 15.0 Å². The van der Waals surface area contributed by atoms with Crippen molar-refractivity contribution < 1.29 is 14.2 Å². The van der Waals surface area contributed by atoms with Crippen LogP contribution in [0.1, 0.15) is 26.2 Å². The summed E-state index contributed by atoms with van der Waals surface area (Å²) in [7, 11) is 1.77. The SMILES string of the molecule is COCC1CC2COc3c(Sc4cnc(N5CCC6(CC5)COC(C)C6N)cn4)ccnc3N2C1. The summed E-state index contributed by atoms with van der Waals surface area (Å²) in [5, 5.41) is 0.847. The number of ether oxygens (including phenoxy) is 3. The molecule has 2 aromatic rings. The van der Waals surface area contributed by atoms with E-state index in [1.807, 2.05) is 24.7 Å². The Morgan fingerprint density at radius 2 is 2.09 bits per heavy atom. The van der Waals surface area contributed by atoms with E-state index in [0.29, 0.717) is 18.6 Å². The van der Waals surface area contributed by atoms with E-state index in [1.54, 1.807) is 18.9 Å². The molecule has 188 valence electrons. The fraction of sp³-hybridized carbons (Fsp3) is 0.640. The number of hydrogen-bond acceptors (Lipinski definition) is 10. The Morgan fingerprint density at radius 3 is 2.80 bits per heavy atom. The summed E-state index contributed by atoms with van der Waals surface area (Å²) < 4.78 is 17.4. The molecule has 35 heavy (non-hydrogen) atoms. The molecular weight excluding hydrogens is 464 g/mol. The zero-order valence-electron chi connectivity index (χ0n) is 20.4. The van der Waals surface area contributed by atoms with E-state index in [0.717, 1.165) is 79.4 Å². The third kappa shape index (κ3) is 4.24. The first-order valence-corrected chi connectivity index (χ1v) is 13.4. The fourth-order valence-electron chi connectivity index (χ4n) is 6.10. The second kappa shape index (κ2) is 9.38. The van der Waals surface area contributed by atoms with Gasteiger partial charge in [-0.05, 0) is 32.3 Å². The Kier molecular flexibility index (Phi) is 6.24. The Morgan fingerprint density at radius 1 is 1.23 bits per heavy atom. The zero-order valence-corrected chi connectivity index (χ0v) is 21.2. The Bertz CT molecular complexity index is 1050. The van der Waals surface area contributed by atoms with E-state index in [2.05, 4.69) is 21.7 Å². The third-order valence-corrected chi connectivity index (χ3v) is 9.17. The number of hydrogen-bond donors (Lipinski definition) is 1. The van der Waals surface area contributed by atoms with E-state index in [-0.39, 0.29) is 17.6 Å². The third-order valence-electron chi connectivity index (χ3n) is 8.20. The molecular formula is C25H34N6O3S. The van der Waals surface area contributed by atoms with E-state index < -0.39 is 0 Å². The van der Waals surface area contributed by atoms with Crippen LogP contribution in [0.25, 0.3) is 0 Å². The number of pyridine rings is 1. The number of nitrogens with two attached hydrogens (primary N) is 1. The van der Waals surface area contributed by atoms with E-state index in [1.165, 1.54) is 0 Å². The van der Waals surface area contributed by atoms with Crippen LogP contribution in [0.2, 0.25) is 0 Å². The van der Waals surface area contributed by atoms with Gasteiger partial charge in [-0.2, -0.15) is 0 Å². The summed E-state index contributed by atoms with van der Waals surface area (Å²) in [4.78, 5) is 19.8. The predicted molar refractivity (Wildman–Crippen MR) is 134 cm³/mol. The van der Waals surface area contributed by atoms with Crippen molar-refractivity contribution in [2.75, 3.05) is 56.4 Å². The number of fused-ring (bicyclic) bond motifs is 3. The summed E-state index contributed by atoms with van der Waals surface area (Å²) in [6.45, 7) is 7.12. The molecule has 0 saturated carbocycles. The van der Waals surface area contributed by atoms with Gasteiger partial charge < -0.3 is 29.7 Å². The average Bonchev–Trinajstić information content (AvgIpc) is 3.42. The molecule has 0 bridgehead atoms. The number of aromatic nitrogens is 3.